The minimum Gasteiger partial charge on any atom is -0.545 e. The first-order valence-electron chi connectivity index (χ1n) is 21.6. The van der Waals surface area contributed by atoms with Crippen LogP contribution in [0.5, 0.6) is 0 Å². The molecule has 9 nitrogen and oxygen atoms in total. The summed E-state index contributed by atoms with van der Waals surface area (Å²) in [6, 6.07) is 0. The summed E-state index contributed by atoms with van der Waals surface area (Å²) in [7, 11) is 5.87. The molecular formula is C47H79NO8. The van der Waals surface area contributed by atoms with E-state index in [0.29, 0.717) is 17.4 Å². The second kappa shape index (κ2) is 38.6. The lowest BCUT2D eigenvalue weighted by Crippen LogP contribution is -2.44. The molecule has 9 heteroatoms. The summed E-state index contributed by atoms with van der Waals surface area (Å²) in [5.41, 5.74) is 0. The molecule has 0 aliphatic carbocycles. The SMILES string of the molecule is CC/C=C\C/C=C\C/C=C\C/C=C\C/C=C\C/C=C\CCC(=O)OC(COC(=O)CCCCCCCCCCCCCC)COC(OCC[N+](C)(C)C)C(=O)[O-]. The molecule has 0 amide bonds. The first-order valence-corrected chi connectivity index (χ1v) is 21.6. The molecule has 0 aromatic carbocycles. The third-order valence-electron chi connectivity index (χ3n) is 8.73. The largest absolute Gasteiger partial charge is 0.545 e. The van der Waals surface area contributed by atoms with Crippen LogP contribution in [0.25, 0.3) is 0 Å². The number of unbranched alkanes of at least 4 members (excludes halogenated alkanes) is 11. The number of quaternary nitrogens is 1. The maximum Gasteiger partial charge on any atom is 0.306 e. The predicted octanol–water partition coefficient (Wildman–Crippen LogP) is 9.83. The van der Waals surface area contributed by atoms with Gasteiger partial charge in [-0.05, 0) is 51.4 Å². The van der Waals surface area contributed by atoms with E-state index in [2.05, 4.69) is 74.6 Å². The van der Waals surface area contributed by atoms with Gasteiger partial charge in [0.05, 0.1) is 40.3 Å². The Kier molecular flexibility index (Phi) is 36.3. The third kappa shape index (κ3) is 39.0. The van der Waals surface area contributed by atoms with E-state index in [0.717, 1.165) is 57.8 Å². The smallest absolute Gasteiger partial charge is 0.306 e. The fourth-order valence-electron chi connectivity index (χ4n) is 5.38. The third-order valence-corrected chi connectivity index (χ3v) is 8.73. The fourth-order valence-corrected chi connectivity index (χ4v) is 5.38. The Morgan fingerprint density at radius 2 is 1.02 bits per heavy atom. The molecular weight excluding hydrogens is 707 g/mol. The minimum absolute atomic E-state index is 0.120. The summed E-state index contributed by atoms with van der Waals surface area (Å²) >= 11 is 0. The van der Waals surface area contributed by atoms with Crippen molar-refractivity contribution in [3.63, 3.8) is 0 Å². The van der Waals surface area contributed by atoms with Crippen LogP contribution < -0.4 is 5.11 Å². The molecule has 0 aromatic heterocycles. The van der Waals surface area contributed by atoms with E-state index in [-0.39, 0.29) is 38.6 Å². The number of carboxylic acid groups (broad SMARTS) is 1. The van der Waals surface area contributed by atoms with E-state index in [4.69, 9.17) is 18.9 Å². The first kappa shape index (κ1) is 52.7. The number of carboxylic acids is 1. The molecule has 0 radical (unpaired) electrons. The molecule has 0 N–H and O–H groups in total. The number of allylic oxidation sites excluding steroid dienone is 12. The first-order chi connectivity index (χ1) is 27.1. The Morgan fingerprint density at radius 1 is 0.554 bits per heavy atom. The van der Waals surface area contributed by atoms with Crippen molar-refractivity contribution in [3.8, 4) is 0 Å². The van der Waals surface area contributed by atoms with Crippen LogP contribution in [-0.4, -0.2) is 82.3 Å². The predicted molar refractivity (Wildman–Crippen MR) is 228 cm³/mol. The van der Waals surface area contributed by atoms with Crippen LogP contribution >= 0.6 is 0 Å². The monoisotopic (exact) mass is 786 g/mol. The zero-order valence-corrected chi connectivity index (χ0v) is 36.0. The topological polar surface area (TPSA) is 111 Å². The van der Waals surface area contributed by atoms with Crippen molar-refractivity contribution in [3.05, 3.63) is 72.9 Å². The van der Waals surface area contributed by atoms with E-state index >= 15 is 0 Å². The van der Waals surface area contributed by atoms with E-state index in [1.807, 2.05) is 33.3 Å². The van der Waals surface area contributed by atoms with Crippen molar-refractivity contribution in [1.29, 1.82) is 0 Å². The number of esters is 2. The van der Waals surface area contributed by atoms with E-state index in [1.54, 1.807) is 0 Å². The zero-order chi connectivity index (χ0) is 41.4. The Labute approximate surface area is 341 Å². The van der Waals surface area contributed by atoms with Crippen LogP contribution in [0.2, 0.25) is 0 Å². The molecule has 0 heterocycles. The highest BCUT2D eigenvalue weighted by Gasteiger charge is 2.21. The number of nitrogens with zero attached hydrogens (tertiary/aromatic N) is 1. The average Bonchev–Trinajstić information content (AvgIpc) is 3.15. The van der Waals surface area contributed by atoms with Crippen LogP contribution in [0.3, 0.4) is 0 Å². The minimum atomic E-state index is -1.64. The summed E-state index contributed by atoms with van der Waals surface area (Å²) in [5.74, 6) is -2.41. The number of ether oxygens (including phenoxy) is 4. The lowest BCUT2D eigenvalue weighted by molar-refractivity contribution is -0.870. The van der Waals surface area contributed by atoms with E-state index in [9.17, 15) is 19.5 Å². The lowest BCUT2D eigenvalue weighted by atomic mass is 10.0. The van der Waals surface area contributed by atoms with Gasteiger partial charge in [-0.3, -0.25) is 9.59 Å². The number of hydrogen-bond donors (Lipinski definition) is 0. The molecule has 56 heavy (non-hydrogen) atoms. The molecule has 0 bridgehead atoms. The molecule has 320 valence electrons. The van der Waals surface area contributed by atoms with Gasteiger partial charge in [-0.25, -0.2) is 0 Å². The number of carbonyl (C=O) groups is 3. The number of hydrogen-bond acceptors (Lipinski definition) is 8. The maximum atomic E-state index is 12.7. The lowest BCUT2D eigenvalue weighted by Gasteiger charge is -2.26. The summed E-state index contributed by atoms with van der Waals surface area (Å²) in [4.78, 5) is 36.9. The highest BCUT2D eigenvalue weighted by atomic mass is 16.7. The number of carbonyl (C=O) groups excluding carboxylic acids is 3. The van der Waals surface area contributed by atoms with Crippen molar-refractivity contribution in [2.24, 2.45) is 0 Å². The van der Waals surface area contributed by atoms with E-state index < -0.39 is 24.3 Å². The van der Waals surface area contributed by atoms with Gasteiger partial charge in [0, 0.05) is 12.8 Å². The van der Waals surface area contributed by atoms with Crippen LogP contribution in [0, 0.1) is 0 Å². The maximum absolute atomic E-state index is 12.7. The summed E-state index contributed by atoms with van der Waals surface area (Å²) in [5, 5.41) is 11.7. The number of aliphatic carboxylic acids is 1. The van der Waals surface area contributed by atoms with Crippen LogP contribution in [-0.2, 0) is 33.3 Å². The molecule has 2 unspecified atom stereocenters. The number of likely N-dealkylation sites (N-methyl/N-ethyl adjacent to an activating group) is 1. The van der Waals surface area contributed by atoms with Gasteiger partial charge in [0.25, 0.3) is 0 Å². The summed E-state index contributed by atoms with van der Waals surface area (Å²) in [6.45, 7) is 4.51. The highest BCUT2D eigenvalue weighted by Crippen LogP contribution is 2.13. The van der Waals surface area contributed by atoms with Crippen molar-refractivity contribution >= 4 is 17.9 Å². The standard InChI is InChI=1S/C47H79NO8/c1-6-8-10-12-14-16-18-20-21-22-23-24-25-26-28-30-32-34-36-38-45(50)56-43(42-55-47(46(51)52)53-40-39-48(3,4)5)41-54-44(49)37-35-33-31-29-27-19-17-15-13-11-9-7-2/h8,10,14,16,20-21,23-24,26,28,32,34,43,47H,6-7,9,11-13,15,17-19,22,25,27,29-31,33,35-42H2,1-5H3/b10-8-,16-14-,21-20-,24-23-,28-26-,34-32-. The van der Waals surface area contributed by atoms with Crippen molar-refractivity contribution in [1.82, 2.24) is 0 Å². The van der Waals surface area contributed by atoms with Gasteiger partial charge in [-0.1, -0.05) is 157 Å². The van der Waals surface area contributed by atoms with Crippen LogP contribution in [0.4, 0.5) is 0 Å². The Bertz CT molecular complexity index is 1150. The normalized spacial score (nSPS) is 13.7. The zero-order valence-electron chi connectivity index (χ0n) is 36.0. The van der Waals surface area contributed by atoms with Crippen molar-refractivity contribution in [2.75, 3.05) is 47.5 Å². The summed E-state index contributed by atoms with van der Waals surface area (Å²) in [6.07, 6.45) is 43.8. The fraction of sp³-hybridized carbons (Fsp3) is 0.681. The second-order valence-corrected chi connectivity index (χ2v) is 15.3. The molecule has 0 aliphatic heterocycles. The van der Waals surface area contributed by atoms with Gasteiger partial charge >= 0.3 is 11.9 Å². The Balaban J connectivity index is 4.61. The van der Waals surface area contributed by atoms with Crippen molar-refractivity contribution < 1.29 is 42.9 Å². The molecule has 0 aliphatic rings. The van der Waals surface area contributed by atoms with Gasteiger partial charge in [-0.15, -0.1) is 0 Å². The van der Waals surface area contributed by atoms with Gasteiger partial charge in [-0.2, -0.15) is 0 Å². The van der Waals surface area contributed by atoms with Crippen LogP contribution in [0.15, 0.2) is 72.9 Å². The van der Waals surface area contributed by atoms with Gasteiger partial charge in [0.15, 0.2) is 12.4 Å². The summed E-state index contributed by atoms with van der Waals surface area (Å²) < 4.78 is 22.4. The number of rotatable bonds is 38. The van der Waals surface area contributed by atoms with Gasteiger partial charge in [0.2, 0.25) is 0 Å². The second-order valence-electron chi connectivity index (χ2n) is 15.3. The molecule has 0 saturated carbocycles. The molecule has 0 spiro atoms. The van der Waals surface area contributed by atoms with E-state index in [1.165, 1.54) is 57.8 Å². The molecule has 0 fully saturated rings. The quantitative estimate of drug-likeness (QED) is 0.0200. The highest BCUT2D eigenvalue weighted by molar-refractivity contribution is 5.70. The van der Waals surface area contributed by atoms with Gasteiger partial charge < -0.3 is 33.3 Å². The van der Waals surface area contributed by atoms with Crippen LogP contribution in [0.1, 0.15) is 149 Å². The Morgan fingerprint density at radius 3 is 1.48 bits per heavy atom. The molecule has 0 aromatic rings. The average molecular weight is 786 g/mol. The van der Waals surface area contributed by atoms with Gasteiger partial charge in [0.1, 0.15) is 13.2 Å². The van der Waals surface area contributed by atoms with Crippen molar-refractivity contribution in [2.45, 2.75) is 161 Å². The molecule has 0 rings (SSSR count). The molecule has 0 saturated heterocycles. The Hall–Kier alpha value is -3.27. The molecule has 2 atom stereocenters.